The molecule has 0 spiro atoms. The first-order chi connectivity index (χ1) is 13.5. The molecule has 0 aromatic heterocycles. The molecule has 6 nitrogen and oxygen atoms in total. The van der Waals surface area contributed by atoms with E-state index in [0.29, 0.717) is 11.8 Å². The summed E-state index contributed by atoms with van der Waals surface area (Å²) in [6.07, 6.45) is 6.39. The first-order valence-corrected chi connectivity index (χ1v) is 10.1. The van der Waals surface area contributed by atoms with Crippen LogP contribution in [-0.4, -0.2) is 23.8 Å². The molecule has 3 amide bonds. The van der Waals surface area contributed by atoms with Gasteiger partial charge in [0.1, 0.15) is 5.82 Å². The second-order valence-electron chi connectivity index (χ2n) is 8.53. The predicted octanol–water partition coefficient (Wildman–Crippen LogP) is 2.31. The average molecular weight is 387 g/mol. The highest BCUT2D eigenvalue weighted by Gasteiger charge is 2.48. The van der Waals surface area contributed by atoms with Crippen molar-refractivity contribution in [1.82, 2.24) is 16.2 Å². The van der Waals surface area contributed by atoms with E-state index in [9.17, 15) is 18.8 Å². The van der Waals surface area contributed by atoms with E-state index in [1.54, 1.807) is 0 Å². The molecule has 0 unspecified atom stereocenters. The zero-order valence-electron chi connectivity index (χ0n) is 15.7. The fourth-order valence-electron chi connectivity index (χ4n) is 5.51. The Hall–Kier alpha value is -2.44. The summed E-state index contributed by atoms with van der Waals surface area (Å²) in [5, 5.41) is 3.17. The van der Waals surface area contributed by atoms with Crippen molar-refractivity contribution < 1.29 is 18.8 Å². The highest BCUT2D eigenvalue weighted by molar-refractivity contribution is 5.95. The fraction of sp³-hybridized carbons (Fsp3) is 0.571. The molecule has 1 aromatic rings. The topological polar surface area (TPSA) is 87.3 Å². The Morgan fingerprint density at radius 2 is 1.39 bits per heavy atom. The second-order valence-corrected chi connectivity index (χ2v) is 8.53. The summed E-state index contributed by atoms with van der Waals surface area (Å²) in [5.74, 6) is 1.40. The number of nitrogens with one attached hydrogen (secondary N) is 3. The molecule has 4 fully saturated rings. The molecule has 4 aliphatic rings. The lowest BCUT2D eigenvalue weighted by molar-refractivity contribution is -0.129. The van der Waals surface area contributed by atoms with E-state index in [4.69, 9.17) is 0 Å². The van der Waals surface area contributed by atoms with E-state index in [1.165, 1.54) is 56.4 Å². The van der Waals surface area contributed by atoms with E-state index < -0.39 is 17.6 Å². The smallest absolute Gasteiger partial charge is 0.269 e. The summed E-state index contributed by atoms with van der Waals surface area (Å²) < 4.78 is 12.9. The second kappa shape index (κ2) is 7.89. The Balaban J connectivity index is 1.18. The molecule has 1 aromatic carbocycles. The fourth-order valence-corrected chi connectivity index (χ4v) is 5.51. The number of hydrazine groups is 1. The minimum absolute atomic E-state index is 0.00281. The molecular formula is C21H26FN3O3. The first-order valence-electron chi connectivity index (χ1n) is 10.1. The minimum atomic E-state index is -0.536. The van der Waals surface area contributed by atoms with E-state index in [0.717, 1.165) is 11.8 Å². The van der Waals surface area contributed by atoms with Crippen LogP contribution in [0.4, 0.5) is 4.39 Å². The third-order valence-corrected chi connectivity index (χ3v) is 6.56. The number of hydrogen-bond donors (Lipinski definition) is 3. The molecule has 0 heterocycles. The molecule has 4 saturated carbocycles. The maximum absolute atomic E-state index is 12.9. The van der Waals surface area contributed by atoms with Gasteiger partial charge in [-0.1, -0.05) is 0 Å². The van der Waals surface area contributed by atoms with Gasteiger partial charge in [0.05, 0.1) is 0 Å². The Morgan fingerprint density at radius 3 is 2.00 bits per heavy atom. The van der Waals surface area contributed by atoms with Crippen molar-refractivity contribution in [1.29, 1.82) is 0 Å². The van der Waals surface area contributed by atoms with Crippen LogP contribution in [0.5, 0.6) is 0 Å². The number of carbonyl (C=O) groups is 3. The molecule has 3 N–H and O–H groups in total. The Bertz CT molecular complexity index is 737. The molecule has 0 atom stereocenters. The number of amides is 3. The molecule has 0 radical (unpaired) electrons. The normalized spacial score (nSPS) is 30.0. The van der Waals surface area contributed by atoms with Gasteiger partial charge in [-0.25, -0.2) is 4.39 Å². The summed E-state index contributed by atoms with van der Waals surface area (Å²) in [7, 11) is 0. The van der Waals surface area contributed by atoms with Crippen LogP contribution in [0, 0.1) is 29.5 Å². The highest BCUT2D eigenvalue weighted by atomic mass is 19.1. The molecule has 150 valence electrons. The van der Waals surface area contributed by atoms with Crippen LogP contribution in [0.1, 0.15) is 55.3 Å². The van der Waals surface area contributed by atoms with E-state index in [1.807, 2.05) is 0 Å². The summed E-state index contributed by atoms with van der Waals surface area (Å²) in [6, 6.07) is 5.27. The number of hydrogen-bond acceptors (Lipinski definition) is 3. The number of rotatable bonds is 5. The average Bonchev–Trinajstić information content (AvgIpc) is 2.67. The molecule has 0 aliphatic heterocycles. The van der Waals surface area contributed by atoms with Gasteiger partial charge in [0.25, 0.3) is 5.91 Å². The van der Waals surface area contributed by atoms with Crippen molar-refractivity contribution in [3.8, 4) is 0 Å². The largest absolute Gasteiger partial charge is 0.353 e. The van der Waals surface area contributed by atoms with Crippen LogP contribution >= 0.6 is 0 Å². The van der Waals surface area contributed by atoms with Crippen molar-refractivity contribution in [3.05, 3.63) is 35.6 Å². The van der Waals surface area contributed by atoms with Gasteiger partial charge in [0.15, 0.2) is 0 Å². The maximum atomic E-state index is 12.9. The van der Waals surface area contributed by atoms with Crippen molar-refractivity contribution in [2.24, 2.45) is 23.7 Å². The summed E-state index contributed by atoms with van der Waals surface area (Å²) in [4.78, 5) is 36.1. The lowest BCUT2D eigenvalue weighted by Crippen LogP contribution is -2.55. The number of carbonyl (C=O) groups excluding carboxylic acids is 3. The van der Waals surface area contributed by atoms with Crippen molar-refractivity contribution in [2.45, 2.75) is 51.0 Å². The SMILES string of the molecule is O=C(CCC(=O)NC1C2CC3CC(C2)CC1C3)NNC(=O)c1ccc(F)cc1. The van der Waals surface area contributed by atoms with Crippen LogP contribution < -0.4 is 16.2 Å². The van der Waals surface area contributed by atoms with Crippen LogP contribution in [-0.2, 0) is 9.59 Å². The Morgan fingerprint density at radius 1 is 0.821 bits per heavy atom. The van der Waals surface area contributed by atoms with Gasteiger partial charge in [-0.15, -0.1) is 0 Å². The van der Waals surface area contributed by atoms with Crippen LogP contribution in [0.2, 0.25) is 0 Å². The molecular weight excluding hydrogens is 361 g/mol. The summed E-state index contributed by atoms with van der Waals surface area (Å²) >= 11 is 0. The van der Waals surface area contributed by atoms with Crippen molar-refractivity contribution >= 4 is 17.7 Å². The number of benzene rings is 1. The van der Waals surface area contributed by atoms with Gasteiger partial charge in [-0.3, -0.25) is 25.2 Å². The Labute approximate surface area is 163 Å². The van der Waals surface area contributed by atoms with Crippen LogP contribution in [0.25, 0.3) is 0 Å². The van der Waals surface area contributed by atoms with Crippen molar-refractivity contribution in [3.63, 3.8) is 0 Å². The third kappa shape index (κ3) is 4.18. The van der Waals surface area contributed by atoms with Crippen LogP contribution in [0.3, 0.4) is 0 Å². The van der Waals surface area contributed by atoms with Gasteiger partial charge >= 0.3 is 0 Å². The lowest BCUT2D eigenvalue weighted by atomic mass is 9.54. The molecule has 7 heteroatoms. The first kappa shape index (κ1) is 18.9. The van der Waals surface area contributed by atoms with Gasteiger partial charge in [0, 0.05) is 24.4 Å². The number of halogens is 1. The zero-order chi connectivity index (χ0) is 19.7. The third-order valence-electron chi connectivity index (χ3n) is 6.56. The van der Waals surface area contributed by atoms with E-state index in [-0.39, 0.29) is 30.4 Å². The van der Waals surface area contributed by atoms with Crippen LogP contribution in [0.15, 0.2) is 24.3 Å². The molecule has 4 aliphatic carbocycles. The van der Waals surface area contributed by atoms with Crippen molar-refractivity contribution in [2.75, 3.05) is 0 Å². The summed E-state index contributed by atoms with van der Waals surface area (Å²) in [5.41, 5.74) is 4.80. The minimum Gasteiger partial charge on any atom is -0.353 e. The van der Waals surface area contributed by atoms with Gasteiger partial charge < -0.3 is 5.32 Å². The summed E-state index contributed by atoms with van der Waals surface area (Å²) in [6.45, 7) is 0. The lowest BCUT2D eigenvalue weighted by Gasteiger charge is -2.54. The van der Waals surface area contributed by atoms with Gasteiger partial charge in [-0.05, 0) is 80.0 Å². The van der Waals surface area contributed by atoms with Gasteiger partial charge in [0.2, 0.25) is 11.8 Å². The highest BCUT2D eigenvalue weighted by Crippen LogP contribution is 2.53. The zero-order valence-corrected chi connectivity index (χ0v) is 15.7. The van der Waals surface area contributed by atoms with Gasteiger partial charge in [-0.2, -0.15) is 0 Å². The molecule has 0 saturated heterocycles. The molecule has 4 bridgehead atoms. The standard InChI is InChI=1S/C21H26FN3O3/c22-17-3-1-14(2-4-17)21(28)25-24-19(27)6-5-18(26)23-20-15-8-12-7-13(10-15)11-16(20)9-12/h1-4,12-13,15-16,20H,5-11H2,(H,23,26)(H,24,27)(H,25,28). The monoisotopic (exact) mass is 387 g/mol. The molecule has 5 rings (SSSR count). The quantitative estimate of drug-likeness (QED) is 0.678. The van der Waals surface area contributed by atoms with E-state index >= 15 is 0 Å². The Kier molecular flexibility index (Phi) is 5.33. The predicted molar refractivity (Wildman–Crippen MR) is 100 cm³/mol. The maximum Gasteiger partial charge on any atom is 0.269 e. The van der Waals surface area contributed by atoms with E-state index in [2.05, 4.69) is 16.2 Å². The molecule has 28 heavy (non-hydrogen) atoms.